The zero-order valence-electron chi connectivity index (χ0n) is 10.9. The van der Waals surface area contributed by atoms with Crippen molar-refractivity contribution in [2.24, 2.45) is 16.8 Å². The van der Waals surface area contributed by atoms with Gasteiger partial charge < -0.3 is 15.8 Å². The first kappa shape index (κ1) is 13.3. The van der Waals surface area contributed by atoms with E-state index < -0.39 is 0 Å². The number of carbonyl (C=O) groups is 1. The van der Waals surface area contributed by atoms with Crippen molar-refractivity contribution in [3.8, 4) is 0 Å². The number of aromatic nitrogens is 1. The molecule has 3 N–H and O–H groups in total. The standard InChI is InChI=1S/C13H18N4O2/c1-9-3-2-6-17(8-9)13(18)11-5-4-10(7-15-11)12(14)16-19/h4-5,7,9,19H,2-3,6,8H2,1H3,(H2,14,16). The summed E-state index contributed by atoms with van der Waals surface area (Å²) in [6.07, 6.45) is 3.64. The van der Waals surface area contributed by atoms with Gasteiger partial charge in [-0.05, 0) is 30.9 Å². The molecule has 0 bridgehead atoms. The molecule has 1 atom stereocenters. The molecule has 0 saturated carbocycles. The Morgan fingerprint density at radius 1 is 1.58 bits per heavy atom. The summed E-state index contributed by atoms with van der Waals surface area (Å²) >= 11 is 0. The van der Waals surface area contributed by atoms with Gasteiger partial charge in [0.15, 0.2) is 5.84 Å². The Morgan fingerprint density at radius 2 is 2.37 bits per heavy atom. The zero-order valence-corrected chi connectivity index (χ0v) is 10.9. The van der Waals surface area contributed by atoms with Crippen LogP contribution in [0.4, 0.5) is 0 Å². The molecule has 1 saturated heterocycles. The van der Waals surface area contributed by atoms with E-state index in [2.05, 4.69) is 17.1 Å². The Labute approximate surface area is 111 Å². The lowest BCUT2D eigenvalue weighted by atomic mass is 10.00. The lowest BCUT2D eigenvalue weighted by Gasteiger charge is -2.30. The molecular formula is C13H18N4O2. The van der Waals surface area contributed by atoms with E-state index in [0.717, 1.165) is 19.5 Å². The van der Waals surface area contributed by atoms with Gasteiger partial charge in [0.1, 0.15) is 5.69 Å². The summed E-state index contributed by atoms with van der Waals surface area (Å²) in [5.74, 6) is 0.463. The van der Waals surface area contributed by atoms with Gasteiger partial charge in [-0.2, -0.15) is 0 Å². The van der Waals surface area contributed by atoms with Gasteiger partial charge in [0, 0.05) is 24.8 Å². The van der Waals surface area contributed by atoms with Crippen molar-refractivity contribution < 1.29 is 10.0 Å². The van der Waals surface area contributed by atoms with Gasteiger partial charge in [0.05, 0.1) is 0 Å². The topological polar surface area (TPSA) is 91.8 Å². The molecular weight excluding hydrogens is 244 g/mol. The summed E-state index contributed by atoms with van der Waals surface area (Å²) in [6, 6.07) is 3.23. The van der Waals surface area contributed by atoms with E-state index in [9.17, 15) is 4.79 Å². The Morgan fingerprint density at radius 3 is 2.95 bits per heavy atom. The van der Waals surface area contributed by atoms with Crippen LogP contribution >= 0.6 is 0 Å². The van der Waals surface area contributed by atoms with Crippen LogP contribution in [-0.4, -0.2) is 39.9 Å². The minimum Gasteiger partial charge on any atom is -0.409 e. The number of oxime groups is 1. The molecule has 0 aromatic carbocycles. The number of rotatable bonds is 2. The van der Waals surface area contributed by atoms with Crippen LogP contribution in [-0.2, 0) is 0 Å². The maximum Gasteiger partial charge on any atom is 0.272 e. The molecule has 1 aromatic rings. The number of nitrogens with zero attached hydrogens (tertiary/aromatic N) is 3. The van der Waals surface area contributed by atoms with Crippen molar-refractivity contribution >= 4 is 11.7 Å². The third-order valence-electron chi connectivity index (χ3n) is 3.33. The summed E-state index contributed by atoms with van der Waals surface area (Å²) in [5, 5.41) is 11.5. The Balaban J connectivity index is 2.11. The predicted molar refractivity (Wildman–Crippen MR) is 71.0 cm³/mol. The largest absolute Gasteiger partial charge is 0.409 e. The summed E-state index contributed by atoms with van der Waals surface area (Å²) in [6.45, 7) is 3.71. The summed E-state index contributed by atoms with van der Waals surface area (Å²) in [4.78, 5) is 18.2. The van der Waals surface area contributed by atoms with E-state index in [1.807, 2.05) is 4.90 Å². The third-order valence-corrected chi connectivity index (χ3v) is 3.33. The highest BCUT2D eigenvalue weighted by atomic mass is 16.4. The fourth-order valence-corrected chi connectivity index (χ4v) is 2.27. The quantitative estimate of drug-likeness (QED) is 0.360. The van der Waals surface area contributed by atoms with Crippen molar-refractivity contribution in [2.75, 3.05) is 13.1 Å². The molecule has 2 heterocycles. The number of amidine groups is 1. The summed E-state index contributed by atoms with van der Waals surface area (Å²) < 4.78 is 0. The van der Waals surface area contributed by atoms with E-state index >= 15 is 0 Å². The smallest absolute Gasteiger partial charge is 0.272 e. The first-order chi connectivity index (χ1) is 9.11. The summed E-state index contributed by atoms with van der Waals surface area (Å²) in [7, 11) is 0. The number of likely N-dealkylation sites (tertiary alicyclic amines) is 1. The molecule has 2 rings (SSSR count). The van der Waals surface area contributed by atoms with Crippen LogP contribution in [0.2, 0.25) is 0 Å². The lowest BCUT2D eigenvalue weighted by molar-refractivity contribution is 0.0677. The highest BCUT2D eigenvalue weighted by Crippen LogP contribution is 2.17. The highest BCUT2D eigenvalue weighted by molar-refractivity contribution is 5.98. The average Bonchev–Trinajstić information content (AvgIpc) is 2.46. The van der Waals surface area contributed by atoms with E-state index in [4.69, 9.17) is 10.9 Å². The lowest BCUT2D eigenvalue weighted by Crippen LogP contribution is -2.39. The molecule has 6 nitrogen and oxygen atoms in total. The number of amides is 1. The van der Waals surface area contributed by atoms with Crippen molar-refractivity contribution in [1.29, 1.82) is 0 Å². The SMILES string of the molecule is CC1CCCN(C(=O)c2ccc(C(N)=NO)cn2)C1. The van der Waals surface area contributed by atoms with Crippen molar-refractivity contribution in [3.05, 3.63) is 29.6 Å². The zero-order chi connectivity index (χ0) is 13.8. The monoisotopic (exact) mass is 262 g/mol. The molecule has 0 aliphatic carbocycles. The molecule has 19 heavy (non-hydrogen) atoms. The predicted octanol–water partition coefficient (Wildman–Crippen LogP) is 1.05. The minimum absolute atomic E-state index is 0.0157. The number of hydrogen-bond acceptors (Lipinski definition) is 4. The van der Waals surface area contributed by atoms with Crippen LogP contribution in [0.3, 0.4) is 0 Å². The Bertz CT molecular complexity index is 484. The fourth-order valence-electron chi connectivity index (χ4n) is 2.27. The first-order valence-corrected chi connectivity index (χ1v) is 6.35. The van der Waals surface area contributed by atoms with E-state index in [0.29, 0.717) is 17.2 Å². The molecule has 1 unspecified atom stereocenters. The Kier molecular flexibility index (Phi) is 3.99. The maximum atomic E-state index is 12.2. The second kappa shape index (κ2) is 5.69. The van der Waals surface area contributed by atoms with Gasteiger partial charge in [-0.3, -0.25) is 9.78 Å². The molecule has 0 radical (unpaired) electrons. The number of nitrogens with two attached hydrogens (primary N) is 1. The molecule has 6 heteroatoms. The van der Waals surface area contributed by atoms with Crippen molar-refractivity contribution in [3.63, 3.8) is 0 Å². The Hall–Kier alpha value is -2.11. The van der Waals surface area contributed by atoms with E-state index in [1.54, 1.807) is 12.1 Å². The first-order valence-electron chi connectivity index (χ1n) is 6.35. The molecule has 0 spiro atoms. The van der Waals surface area contributed by atoms with Gasteiger partial charge in [0.2, 0.25) is 0 Å². The van der Waals surface area contributed by atoms with E-state index in [1.165, 1.54) is 12.6 Å². The normalized spacial score (nSPS) is 20.4. The van der Waals surface area contributed by atoms with Gasteiger partial charge in [0.25, 0.3) is 5.91 Å². The average molecular weight is 262 g/mol. The molecule has 1 amide bonds. The van der Waals surface area contributed by atoms with Crippen molar-refractivity contribution in [2.45, 2.75) is 19.8 Å². The van der Waals surface area contributed by atoms with Crippen LogP contribution in [0.25, 0.3) is 0 Å². The van der Waals surface area contributed by atoms with Gasteiger partial charge in [-0.1, -0.05) is 12.1 Å². The second-order valence-corrected chi connectivity index (χ2v) is 4.92. The van der Waals surface area contributed by atoms with Gasteiger partial charge in [-0.25, -0.2) is 0 Å². The number of piperidine rings is 1. The third kappa shape index (κ3) is 3.01. The minimum atomic E-state index is -0.0578. The van der Waals surface area contributed by atoms with Gasteiger partial charge >= 0.3 is 0 Å². The maximum absolute atomic E-state index is 12.2. The summed E-state index contributed by atoms with van der Waals surface area (Å²) in [5.41, 5.74) is 6.33. The van der Waals surface area contributed by atoms with Crippen LogP contribution < -0.4 is 5.73 Å². The van der Waals surface area contributed by atoms with E-state index in [-0.39, 0.29) is 11.7 Å². The van der Waals surface area contributed by atoms with Crippen LogP contribution in [0.1, 0.15) is 35.8 Å². The van der Waals surface area contributed by atoms with Crippen LogP contribution in [0.5, 0.6) is 0 Å². The number of hydrogen-bond donors (Lipinski definition) is 2. The number of carbonyl (C=O) groups excluding carboxylic acids is 1. The van der Waals surface area contributed by atoms with Crippen LogP contribution in [0, 0.1) is 5.92 Å². The molecule has 1 aliphatic rings. The molecule has 102 valence electrons. The molecule has 1 aromatic heterocycles. The van der Waals surface area contributed by atoms with Crippen molar-refractivity contribution in [1.82, 2.24) is 9.88 Å². The highest BCUT2D eigenvalue weighted by Gasteiger charge is 2.22. The molecule has 1 fully saturated rings. The molecule has 1 aliphatic heterocycles. The van der Waals surface area contributed by atoms with Crippen LogP contribution in [0.15, 0.2) is 23.5 Å². The fraction of sp³-hybridized carbons (Fsp3) is 0.462. The van der Waals surface area contributed by atoms with Gasteiger partial charge in [-0.15, -0.1) is 0 Å². The second-order valence-electron chi connectivity index (χ2n) is 4.92. The number of pyridine rings is 1.